The van der Waals surface area contributed by atoms with Crippen LogP contribution in [0.2, 0.25) is 5.15 Å². The minimum Gasteiger partial charge on any atom is -0.502 e. The Balaban J connectivity index is 0.000000360. The Bertz CT molecular complexity index is 1140. The molecule has 3 rings (SSSR count). The summed E-state index contributed by atoms with van der Waals surface area (Å²) >= 11 is 7.10. The number of halogens is 1. The van der Waals surface area contributed by atoms with Crippen LogP contribution < -0.4 is 10.2 Å². The zero-order valence-corrected chi connectivity index (χ0v) is 21.3. The van der Waals surface area contributed by atoms with Crippen LogP contribution in [0.1, 0.15) is 51.2 Å². The number of aryl methyl sites for hydroxylation is 1. The lowest BCUT2D eigenvalue weighted by Gasteiger charge is -2.09. The predicted molar refractivity (Wildman–Crippen MR) is 137 cm³/mol. The van der Waals surface area contributed by atoms with Gasteiger partial charge in [0.05, 0.1) is 0 Å². The van der Waals surface area contributed by atoms with Gasteiger partial charge in [0.15, 0.2) is 10.9 Å². The number of ether oxygens (including phenoxy) is 1. The lowest BCUT2D eigenvalue weighted by Crippen LogP contribution is -2.04. The molecule has 1 aromatic carbocycles. The van der Waals surface area contributed by atoms with Crippen LogP contribution in [0.15, 0.2) is 51.9 Å². The molecule has 0 fully saturated rings. The number of aromatic nitrogens is 2. The number of hydrogen-bond donors (Lipinski definition) is 2. The molecule has 0 aliphatic heterocycles. The molecule has 0 saturated heterocycles. The number of carbonyl (C=O) groups excluding carboxylic acids is 1. The van der Waals surface area contributed by atoms with Crippen molar-refractivity contribution in [1.82, 2.24) is 10.2 Å². The molecule has 188 valence electrons. The van der Waals surface area contributed by atoms with Gasteiger partial charge >= 0.3 is 5.30 Å². The van der Waals surface area contributed by atoms with Crippen molar-refractivity contribution < 1.29 is 24.2 Å². The van der Waals surface area contributed by atoms with Crippen molar-refractivity contribution in [3.8, 4) is 28.5 Å². The van der Waals surface area contributed by atoms with E-state index in [1.807, 2.05) is 30.3 Å². The molecule has 0 aliphatic rings. The summed E-state index contributed by atoms with van der Waals surface area (Å²) in [4.78, 5) is 22.7. The Morgan fingerprint density at radius 2 is 1.77 bits per heavy atom. The summed E-state index contributed by atoms with van der Waals surface area (Å²) in [6.07, 6.45) is 8.08. The van der Waals surface area contributed by atoms with Crippen molar-refractivity contribution in [2.24, 2.45) is 0 Å². The highest BCUT2D eigenvalue weighted by atomic mass is 35.5. The monoisotopic (exact) mass is 520 g/mol. The highest BCUT2D eigenvalue weighted by Gasteiger charge is 2.14. The number of hydrogen-bond acceptors (Lipinski definition) is 9. The molecule has 0 radical (unpaired) electrons. The van der Waals surface area contributed by atoms with E-state index < -0.39 is 16.9 Å². The number of rotatable bonds is 9. The van der Waals surface area contributed by atoms with Crippen LogP contribution in [-0.4, -0.2) is 31.5 Å². The van der Waals surface area contributed by atoms with E-state index in [0.29, 0.717) is 11.4 Å². The summed E-state index contributed by atoms with van der Waals surface area (Å²) < 4.78 is 10.0. The van der Waals surface area contributed by atoms with Gasteiger partial charge in [-0.05, 0) is 25.1 Å². The van der Waals surface area contributed by atoms with Crippen LogP contribution in [0, 0.1) is 6.92 Å². The van der Waals surface area contributed by atoms with E-state index in [9.17, 15) is 9.59 Å². The van der Waals surface area contributed by atoms with Crippen molar-refractivity contribution in [2.75, 3.05) is 5.75 Å². The number of carbonyl (C=O) groups is 1. The minimum absolute atomic E-state index is 0.0998. The fraction of sp³-hybridized carbons (Fsp3) is 0.360. The van der Waals surface area contributed by atoms with Crippen molar-refractivity contribution in [1.29, 1.82) is 0 Å². The molecular formula is C25H29ClN2O6S. The number of benzene rings is 1. The minimum atomic E-state index is -0.802. The first-order chi connectivity index (χ1) is 16.8. The summed E-state index contributed by atoms with van der Waals surface area (Å²) in [6.45, 7) is 3.63. The van der Waals surface area contributed by atoms with Gasteiger partial charge in [-0.2, -0.15) is 0 Å². The molecule has 10 heteroatoms. The van der Waals surface area contributed by atoms with E-state index in [-0.39, 0.29) is 16.2 Å². The summed E-state index contributed by atoms with van der Waals surface area (Å²) in [7, 11) is 0. The molecule has 8 nitrogen and oxygen atoms in total. The van der Waals surface area contributed by atoms with Crippen molar-refractivity contribution in [3.63, 3.8) is 0 Å². The molecule has 0 bridgehead atoms. The fourth-order valence-electron chi connectivity index (χ4n) is 2.92. The number of thioether (sulfide) groups is 1. The van der Waals surface area contributed by atoms with Crippen LogP contribution in [0.3, 0.4) is 0 Å². The molecule has 0 spiro atoms. The summed E-state index contributed by atoms with van der Waals surface area (Å²) in [5.74, 6) is 0.0790. The van der Waals surface area contributed by atoms with E-state index in [1.165, 1.54) is 50.4 Å². The molecule has 3 aromatic rings. The van der Waals surface area contributed by atoms with Gasteiger partial charge in [-0.1, -0.05) is 81.0 Å². The smallest absolute Gasteiger partial charge is 0.372 e. The van der Waals surface area contributed by atoms with Gasteiger partial charge in [0.2, 0.25) is 11.5 Å². The molecule has 35 heavy (non-hydrogen) atoms. The third-order valence-electron chi connectivity index (χ3n) is 4.82. The van der Waals surface area contributed by atoms with E-state index in [4.69, 9.17) is 26.6 Å². The highest BCUT2D eigenvalue weighted by molar-refractivity contribution is 8.13. The fourth-order valence-corrected chi connectivity index (χ4v) is 3.72. The first-order valence-electron chi connectivity index (χ1n) is 11.3. The maximum atomic E-state index is 12.1. The lowest BCUT2D eigenvalue weighted by atomic mass is 10.1. The van der Waals surface area contributed by atoms with Crippen LogP contribution in [0.5, 0.6) is 17.2 Å². The largest absolute Gasteiger partial charge is 0.502 e. The average Bonchev–Trinajstić information content (AvgIpc) is 2.85. The van der Waals surface area contributed by atoms with Gasteiger partial charge in [0.1, 0.15) is 17.7 Å². The first-order valence-corrected chi connectivity index (χ1v) is 12.6. The molecule has 2 N–H and O–H groups in total. The Labute approximate surface area is 213 Å². The van der Waals surface area contributed by atoms with Crippen molar-refractivity contribution in [3.05, 3.63) is 63.8 Å². The van der Waals surface area contributed by atoms with Crippen molar-refractivity contribution in [2.45, 2.75) is 52.4 Å². The Morgan fingerprint density at radius 1 is 1.09 bits per heavy atom. The van der Waals surface area contributed by atoms with Gasteiger partial charge < -0.3 is 19.4 Å². The SMILES string of the molecule is CCCCCCCCSC(=O)Oc1cc(Cl)nnc1-c1ccccc1.Cc1occ(O)c(=O)c1O. The average molecular weight is 521 g/mol. The van der Waals surface area contributed by atoms with Crippen LogP contribution in [-0.2, 0) is 0 Å². The zero-order chi connectivity index (χ0) is 25.6. The van der Waals surface area contributed by atoms with Crippen LogP contribution >= 0.6 is 23.4 Å². The molecule has 0 aliphatic carbocycles. The van der Waals surface area contributed by atoms with Gasteiger partial charge in [-0.15, -0.1) is 10.2 Å². The number of unbranched alkanes of at least 4 members (excludes halogenated alkanes) is 5. The lowest BCUT2D eigenvalue weighted by molar-refractivity contribution is 0.227. The third-order valence-corrected chi connectivity index (χ3v) is 5.81. The Hall–Kier alpha value is -3.04. The first kappa shape index (κ1) is 28.2. The predicted octanol–water partition coefficient (Wildman–Crippen LogP) is 6.75. The topological polar surface area (TPSA) is 123 Å². The van der Waals surface area contributed by atoms with Crippen molar-refractivity contribution >= 4 is 28.7 Å². The summed E-state index contributed by atoms with van der Waals surface area (Å²) in [6, 6.07) is 11.0. The second-order valence-electron chi connectivity index (χ2n) is 7.57. The van der Waals surface area contributed by atoms with E-state index >= 15 is 0 Å². The van der Waals surface area contributed by atoms with Gasteiger partial charge in [0, 0.05) is 17.4 Å². The maximum Gasteiger partial charge on any atom is 0.372 e. The van der Waals surface area contributed by atoms with Gasteiger partial charge in [-0.25, -0.2) is 4.79 Å². The number of aromatic hydroxyl groups is 2. The quantitative estimate of drug-likeness (QED) is 0.233. The van der Waals surface area contributed by atoms with Crippen LogP contribution in [0.4, 0.5) is 4.79 Å². The molecular weight excluding hydrogens is 492 g/mol. The van der Waals surface area contributed by atoms with Gasteiger partial charge in [-0.3, -0.25) is 4.79 Å². The second kappa shape index (κ2) is 15.1. The molecule has 0 saturated carbocycles. The van der Waals surface area contributed by atoms with Crippen LogP contribution in [0.25, 0.3) is 11.3 Å². The zero-order valence-electron chi connectivity index (χ0n) is 19.7. The molecule has 0 unspecified atom stereocenters. The summed E-state index contributed by atoms with van der Waals surface area (Å²) in [5.41, 5.74) is 0.539. The van der Waals surface area contributed by atoms with E-state index in [2.05, 4.69) is 21.5 Å². The summed E-state index contributed by atoms with van der Waals surface area (Å²) in [5, 5.41) is 25.3. The Kier molecular flexibility index (Phi) is 12.1. The van der Waals surface area contributed by atoms with Gasteiger partial charge in [0.25, 0.3) is 5.43 Å². The molecule has 0 atom stereocenters. The molecule has 2 aromatic heterocycles. The third kappa shape index (κ3) is 9.62. The Morgan fingerprint density at radius 3 is 2.46 bits per heavy atom. The van der Waals surface area contributed by atoms with E-state index in [0.717, 1.165) is 30.4 Å². The second-order valence-corrected chi connectivity index (χ2v) is 8.99. The maximum absolute atomic E-state index is 12.1. The molecule has 2 heterocycles. The molecule has 0 amide bonds. The standard InChI is InChI=1S/C19H23ClN2O2S.C6H6O4/c1-2-3-4-5-6-10-13-25-19(23)24-16-14-17(20)21-22-18(16)15-11-8-7-9-12-15;1-3-5(8)6(9)4(7)2-10-3/h7-9,11-12,14H,2-6,10,13H2,1H3;2,7-8H,1H3. The van der Waals surface area contributed by atoms with E-state index in [1.54, 1.807) is 0 Å². The number of nitrogens with zero attached hydrogens (tertiary/aromatic N) is 2. The highest BCUT2D eigenvalue weighted by Crippen LogP contribution is 2.30. The normalized spacial score (nSPS) is 10.4.